The molecule has 0 spiro atoms. The molecule has 1 heterocycles. The number of piperidine rings is 1. The van der Waals surface area contributed by atoms with Crippen molar-refractivity contribution in [3.05, 3.63) is 27.7 Å². The van der Waals surface area contributed by atoms with Crippen LogP contribution in [-0.4, -0.2) is 24.0 Å². The monoisotopic (exact) mass is 330 g/mol. The Labute approximate surface area is 121 Å². The predicted octanol–water partition coefficient (Wildman–Crippen LogP) is 4.37. The summed E-state index contributed by atoms with van der Waals surface area (Å²) in [7, 11) is 0. The first kappa shape index (κ1) is 13.7. The fourth-order valence-corrected chi connectivity index (χ4v) is 2.54. The number of carbonyl (C=O) groups excluding carboxylic acids is 1. The molecule has 0 radical (unpaired) electrons. The second kappa shape index (κ2) is 5.93. The van der Waals surface area contributed by atoms with Crippen LogP contribution in [0.2, 0.25) is 5.02 Å². The molecule has 0 bridgehead atoms. The summed E-state index contributed by atoms with van der Waals surface area (Å²) in [5.74, 6) is 0.715. The van der Waals surface area contributed by atoms with Crippen molar-refractivity contribution < 1.29 is 4.79 Å². The summed E-state index contributed by atoms with van der Waals surface area (Å²) in [6, 6.07) is 5.38. The van der Waals surface area contributed by atoms with Gasteiger partial charge in [0.15, 0.2) is 0 Å². The highest BCUT2D eigenvalue weighted by atomic mass is 79.9. The zero-order valence-corrected chi connectivity index (χ0v) is 12.6. The standard InChI is InChI=1S/C13H16BrClN2O/c1-9-5-7-17(8-6-9)13(18)16-11-4-2-3-10(15)12(11)14/h2-4,9H,5-8H2,1H3,(H,16,18). The summed E-state index contributed by atoms with van der Waals surface area (Å²) in [6.45, 7) is 3.87. The van der Waals surface area contributed by atoms with Crippen LogP contribution in [0.3, 0.4) is 0 Å². The largest absolute Gasteiger partial charge is 0.325 e. The molecule has 0 aromatic heterocycles. The van der Waals surface area contributed by atoms with Gasteiger partial charge in [0.25, 0.3) is 0 Å². The average Bonchev–Trinajstić information content (AvgIpc) is 2.36. The van der Waals surface area contributed by atoms with E-state index < -0.39 is 0 Å². The molecular weight excluding hydrogens is 316 g/mol. The number of benzene rings is 1. The van der Waals surface area contributed by atoms with Gasteiger partial charge in [-0.15, -0.1) is 0 Å². The molecule has 1 aliphatic rings. The van der Waals surface area contributed by atoms with Crippen molar-refractivity contribution in [3.63, 3.8) is 0 Å². The van der Waals surface area contributed by atoms with Crippen molar-refractivity contribution in [3.8, 4) is 0 Å². The Morgan fingerprint density at radius 1 is 1.44 bits per heavy atom. The number of carbonyl (C=O) groups is 1. The third-order valence-corrected chi connectivity index (χ3v) is 4.66. The molecule has 1 aromatic carbocycles. The molecule has 3 nitrogen and oxygen atoms in total. The fraction of sp³-hybridized carbons (Fsp3) is 0.462. The number of urea groups is 1. The van der Waals surface area contributed by atoms with Crippen molar-refractivity contribution in [2.24, 2.45) is 5.92 Å². The number of hydrogen-bond acceptors (Lipinski definition) is 1. The van der Waals surface area contributed by atoms with E-state index in [-0.39, 0.29) is 6.03 Å². The third-order valence-electron chi connectivity index (χ3n) is 3.26. The number of likely N-dealkylation sites (tertiary alicyclic amines) is 1. The molecule has 2 rings (SSSR count). The van der Waals surface area contributed by atoms with Crippen LogP contribution >= 0.6 is 27.5 Å². The second-order valence-electron chi connectivity index (χ2n) is 4.70. The first-order valence-corrected chi connectivity index (χ1v) is 7.25. The van der Waals surface area contributed by atoms with Crippen LogP contribution in [-0.2, 0) is 0 Å². The lowest BCUT2D eigenvalue weighted by atomic mass is 10.00. The van der Waals surface area contributed by atoms with Gasteiger partial charge >= 0.3 is 6.03 Å². The number of nitrogens with one attached hydrogen (secondary N) is 1. The Bertz CT molecular complexity index is 445. The summed E-state index contributed by atoms with van der Waals surface area (Å²) >= 11 is 9.37. The van der Waals surface area contributed by atoms with Crippen LogP contribution in [0.1, 0.15) is 19.8 Å². The van der Waals surface area contributed by atoms with Crippen molar-refractivity contribution in [1.29, 1.82) is 0 Å². The molecule has 1 aliphatic heterocycles. The lowest BCUT2D eigenvalue weighted by molar-refractivity contribution is 0.186. The van der Waals surface area contributed by atoms with Gasteiger partial charge in [0.1, 0.15) is 0 Å². The van der Waals surface area contributed by atoms with E-state index in [4.69, 9.17) is 11.6 Å². The number of nitrogens with zero attached hydrogens (tertiary/aromatic N) is 1. The maximum absolute atomic E-state index is 12.1. The highest BCUT2D eigenvalue weighted by Gasteiger charge is 2.20. The maximum atomic E-state index is 12.1. The van der Waals surface area contributed by atoms with E-state index in [1.807, 2.05) is 17.0 Å². The highest BCUT2D eigenvalue weighted by molar-refractivity contribution is 9.10. The van der Waals surface area contributed by atoms with Gasteiger partial charge < -0.3 is 10.2 Å². The number of amides is 2. The molecule has 98 valence electrons. The minimum Gasteiger partial charge on any atom is -0.325 e. The lowest BCUT2D eigenvalue weighted by Crippen LogP contribution is -2.40. The SMILES string of the molecule is CC1CCN(C(=O)Nc2cccc(Cl)c2Br)CC1. The van der Waals surface area contributed by atoms with Crippen molar-refractivity contribution >= 4 is 39.2 Å². The number of rotatable bonds is 1. The van der Waals surface area contributed by atoms with E-state index >= 15 is 0 Å². The lowest BCUT2D eigenvalue weighted by Gasteiger charge is -2.30. The molecule has 0 atom stereocenters. The highest BCUT2D eigenvalue weighted by Crippen LogP contribution is 2.30. The Balaban J connectivity index is 2.01. The second-order valence-corrected chi connectivity index (χ2v) is 5.90. The Morgan fingerprint density at radius 2 is 2.11 bits per heavy atom. The van der Waals surface area contributed by atoms with Crippen LogP contribution in [0.5, 0.6) is 0 Å². The van der Waals surface area contributed by atoms with Gasteiger partial charge in [-0.1, -0.05) is 24.6 Å². The average molecular weight is 332 g/mol. The molecule has 0 saturated carbocycles. The van der Waals surface area contributed by atoms with Gasteiger partial charge in [0.2, 0.25) is 0 Å². The maximum Gasteiger partial charge on any atom is 0.321 e. The summed E-state index contributed by atoms with van der Waals surface area (Å²) in [6.07, 6.45) is 2.15. The molecule has 1 fully saturated rings. The van der Waals surface area contributed by atoms with Gasteiger partial charge in [-0.2, -0.15) is 0 Å². The van der Waals surface area contributed by atoms with Gasteiger partial charge in [-0.05, 0) is 46.8 Å². The Kier molecular flexibility index (Phi) is 4.51. The third kappa shape index (κ3) is 3.18. The van der Waals surface area contributed by atoms with Gasteiger partial charge in [0.05, 0.1) is 15.2 Å². The van der Waals surface area contributed by atoms with Crippen molar-refractivity contribution in [2.75, 3.05) is 18.4 Å². The molecule has 5 heteroatoms. The summed E-state index contributed by atoms with van der Waals surface area (Å²) in [5, 5.41) is 3.49. The van der Waals surface area contributed by atoms with E-state index in [2.05, 4.69) is 28.2 Å². The smallest absolute Gasteiger partial charge is 0.321 e. The molecular formula is C13H16BrClN2O. The quantitative estimate of drug-likeness (QED) is 0.814. The summed E-state index contributed by atoms with van der Waals surface area (Å²) < 4.78 is 0.727. The van der Waals surface area contributed by atoms with Crippen LogP contribution in [0.25, 0.3) is 0 Å². The van der Waals surface area contributed by atoms with Crippen LogP contribution in [0.4, 0.5) is 10.5 Å². The van der Waals surface area contributed by atoms with E-state index in [1.54, 1.807) is 6.07 Å². The van der Waals surface area contributed by atoms with Crippen LogP contribution < -0.4 is 5.32 Å². The molecule has 18 heavy (non-hydrogen) atoms. The van der Waals surface area contributed by atoms with Crippen LogP contribution in [0, 0.1) is 5.92 Å². The number of halogens is 2. The summed E-state index contributed by atoms with van der Waals surface area (Å²) in [4.78, 5) is 13.9. The Morgan fingerprint density at radius 3 is 2.78 bits per heavy atom. The predicted molar refractivity (Wildman–Crippen MR) is 78.1 cm³/mol. The normalized spacial score (nSPS) is 16.7. The minimum atomic E-state index is -0.0510. The molecule has 1 N–H and O–H groups in total. The van der Waals surface area contributed by atoms with E-state index in [9.17, 15) is 4.79 Å². The van der Waals surface area contributed by atoms with Crippen molar-refractivity contribution in [1.82, 2.24) is 4.90 Å². The summed E-state index contributed by atoms with van der Waals surface area (Å²) in [5.41, 5.74) is 0.714. The fourth-order valence-electron chi connectivity index (χ4n) is 2.01. The minimum absolute atomic E-state index is 0.0510. The van der Waals surface area contributed by atoms with E-state index in [0.29, 0.717) is 16.6 Å². The van der Waals surface area contributed by atoms with E-state index in [1.165, 1.54) is 0 Å². The van der Waals surface area contributed by atoms with E-state index in [0.717, 1.165) is 30.4 Å². The zero-order chi connectivity index (χ0) is 13.1. The molecule has 0 aliphatic carbocycles. The van der Waals surface area contributed by atoms with Crippen LogP contribution in [0.15, 0.2) is 22.7 Å². The zero-order valence-electron chi connectivity index (χ0n) is 10.2. The first-order chi connectivity index (χ1) is 8.58. The molecule has 1 saturated heterocycles. The topological polar surface area (TPSA) is 32.3 Å². The molecule has 1 aromatic rings. The number of anilines is 1. The first-order valence-electron chi connectivity index (χ1n) is 6.08. The molecule has 0 unspecified atom stereocenters. The Hall–Kier alpha value is -0.740. The van der Waals surface area contributed by atoms with Gasteiger partial charge in [0, 0.05) is 13.1 Å². The van der Waals surface area contributed by atoms with Gasteiger partial charge in [-0.3, -0.25) is 0 Å². The molecule has 2 amide bonds. The van der Waals surface area contributed by atoms with Crippen molar-refractivity contribution in [2.45, 2.75) is 19.8 Å². The van der Waals surface area contributed by atoms with Gasteiger partial charge in [-0.25, -0.2) is 4.79 Å². The number of hydrogen-bond donors (Lipinski definition) is 1.